The van der Waals surface area contributed by atoms with Crippen molar-refractivity contribution in [2.24, 2.45) is 0 Å². The SMILES string of the molecule is COCCn1cc(NC(=O)N[C@H]2CCN(Cc3ccccc3)C2)cn1. The second-order valence-electron chi connectivity index (χ2n) is 6.29. The minimum absolute atomic E-state index is 0.173. The van der Waals surface area contributed by atoms with Gasteiger partial charge in [-0.3, -0.25) is 9.58 Å². The summed E-state index contributed by atoms with van der Waals surface area (Å²) in [6.07, 6.45) is 4.41. The van der Waals surface area contributed by atoms with Gasteiger partial charge in [0.2, 0.25) is 0 Å². The Bertz CT molecular complexity index is 673. The van der Waals surface area contributed by atoms with Gasteiger partial charge in [-0.25, -0.2) is 4.79 Å². The fourth-order valence-corrected chi connectivity index (χ4v) is 3.02. The number of amides is 2. The lowest BCUT2D eigenvalue weighted by Gasteiger charge is -2.16. The first-order valence-corrected chi connectivity index (χ1v) is 8.58. The predicted octanol–water partition coefficient (Wildman–Crippen LogP) is 1.93. The van der Waals surface area contributed by atoms with Crippen molar-refractivity contribution in [3.05, 3.63) is 48.3 Å². The Labute approximate surface area is 148 Å². The molecule has 1 aliphatic heterocycles. The van der Waals surface area contributed by atoms with Gasteiger partial charge in [-0.1, -0.05) is 30.3 Å². The van der Waals surface area contributed by atoms with Gasteiger partial charge in [0.1, 0.15) is 0 Å². The number of carbonyl (C=O) groups is 1. The van der Waals surface area contributed by atoms with E-state index in [1.807, 2.05) is 6.07 Å². The number of urea groups is 1. The number of anilines is 1. The monoisotopic (exact) mass is 343 g/mol. The Morgan fingerprint density at radius 3 is 3.00 bits per heavy atom. The fourth-order valence-electron chi connectivity index (χ4n) is 3.02. The summed E-state index contributed by atoms with van der Waals surface area (Å²) in [4.78, 5) is 14.5. The smallest absolute Gasteiger partial charge is 0.319 e. The van der Waals surface area contributed by atoms with Crippen molar-refractivity contribution in [3.8, 4) is 0 Å². The number of ether oxygens (including phenoxy) is 1. The molecule has 1 aliphatic rings. The number of aromatic nitrogens is 2. The van der Waals surface area contributed by atoms with Gasteiger partial charge in [0.05, 0.1) is 25.0 Å². The first-order valence-electron chi connectivity index (χ1n) is 8.58. The van der Waals surface area contributed by atoms with E-state index in [0.717, 1.165) is 26.1 Å². The fraction of sp³-hybridized carbons (Fsp3) is 0.444. The summed E-state index contributed by atoms with van der Waals surface area (Å²) >= 11 is 0. The number of likely N-dealkylation sites (tertiary alicyclic amines) is 1. The quantitative estimate of drug-likeness (QED) is 0.806. The van der Waals surface area contributed by atoms with Crippen molar-refractivity contribution < 1.29 is 9.53 Å². The maximum atomic E-state index is 12.2. The summed E-state index contributed by atoms with van der Waals surface area (Å²) in [5.74, 6) is 0. The number of benzene rings is 1. The van der Waals surface area contributed by atoms with E-state index in [9.17, 15) is 4.79 Å². The summed E-state index contributed by atoms with van der Waals surface area (Å²) in [5.41, 5.74) is 1.99. The summed E-state index contributed by atoms with van der Waals surface area (Å²) in [6, 6.07) is 10.4. The molecule has 0 spiro atoms. The van der Waals surface area contributed by atoms with E-state index in [1.165, 1.54) is 5.56 Å². The molecule has 0 radical (unpaired) electrons. The van der Waals surface area contributed by atoms with Gasteiger partial charge >= 0.3 is 6.03 Å². The molecule has 0 unspecified atom stereocenters. The standard InChI is InChI=1S/C18H25N5O2/c1-25-10-9-23-14-17(11-19-23)21-18(24)20-16-7-8-22(13-16)12-15-5-3-2-4-6-15/h2-6,11,14,16H,7-10,12-13H2,1H3,(H2,20,21,24)/t16-/m0/s1. The highest BCUT2D eigenvalue weighted by Gasteiger charge is 2.23. The first-order chi connectivity index (χ1) is 12.2. The van der Waals surface area contributed by atoms with Crippen LogP contribution >= 0.6 is 0 Å². The second-order valence-corrected chi connectivity index (χ2v) is 6.29. The molecule has 134 valence electrons. The molecular weight excluding hydrogens is 318 g/mol. The number of nitrogens with one attached hydrogen (secondary N) is 2. The summed E-state index contributed by atoms with van der Waals surface area (Å²) in [7, 11) is 1.65. The Morgan fingerprint density at radius 1 is 1.36 bits per heavy atom. The average molecular weight is 343 g/mol. The number of methoxy groups -OCH3 is 1. The van der Waals surface area contributed by atoms with Crippen molar-refractivity contribution in [1.82, 2.24) is 20.0 Å². The zero-order valence-corrected chi connectivity index (χ0v) is 14.5. The molecule has 2 aromatic rings. The number of nitrogens with zero attached hydrogens (tertiary/aromatic N) is 3. The zero-order chi connectivity index (χ0) is 17.5. The van der Waals surface area contributed by atoms with Gasteiger partial charge in [0, 0.05) is 39.0 Å². The molecule has 2 heterocycles. The molecule has 1 fully saturated rings. The lowest BCUT2D eigenvalue weighted by atomic mass is 10.2. The number of hydrogen-bond acceptors (Lipinski definition) is 4. The van der Waals surface area contributed by atoms with Crippen LogP contribution in [0.5, 0.6) is 0 Å². The van der Waals surface area contributed by atoms with Crippen LogP contribution in [0.15, 0.2) is 42.7 Å². The van der Waals surface area contributed by atoms with Gasteiger partial charge in [-0.05, 0) is 12.0 Å². The van der Waals surface area contributed by atoms with Gasteiger partial charge in [-0.15, -0.1) is 0 Å². The van der Waals surface area contributed by atoms with Crippen LogP contribution in [0.4, 0.5) is 10.5 Å². The Kier molecular flexibility index (Phi) is 6.03. The molecule has 7 nitrogen and oxygen atoms in total. The van der Waals surface area contributed by atoms with E-state index in [2.05, 4.69) is 44.9 Å². The topological polar surface area (TPSA) is 71.4 Å². The van der Waals surface area contributed by atoms with Gasteiger partial charge in [-0.2, -0.15) is 5.10 Å². The number of carbonyl (C=O) groups excluding carboxylic acids is 1. The molecule has 7 heteroatoms. The molecule has 1 aromatic carbocycles. The molecule has 2 N–H and O–H groups in total. The molecule has 0 saturated carbocycles. The lowest BCUT2D eigenvalue weighted by Crippen LogP contribution is -2.39. The molecule has 0 aliphatic carbocycles. The third kappa shape index (κ3) is 5.30. The van der Waals surface area contributed by atoms with Crippen LogP contribution in [0.25, 0.3) is 0 Å². The molecule has 0 bridgehead atoms. The van der Waals surface area contributed by atoms with Crippen molar-refractivity contribution in [3.63, 3.8) is 0 Å². The highest BCUT2D eigenvalue weighted by atomic mass is 16.5. The van der Waals surface area contributed by atoms with Gasteiger partial charge in [0.25, 0.3) is 0 Å². The van der Waals surface area contributed by atoms with Crippen LogP contribution in [0, 0.1) is 0 Å². The van der Waals surface area contributed by atoms with E-state index < -0.39 is 0 Å². The first kappa shape index (κ1) is 17.4. The zero-order valence-electron chi connectivity index (χ0n) is 14.5. The third-order valence-corrected chi connectivity index (χ3v) is 4.27. The Balaban J connectivity index is 1.42. The normalized spacial score (nSPS) is 17.6. The number of hydrogen-bond donors (Lipinski definition) is 2. The molecule has 2 amide bonds. The van der Waals surface area contributed by atoms with Crippen molar-refractivity contribution >= 4 is 11.7 Å². The highest BCUT2D eigenvalue weighted by molar-refractivity contribution is 5.89. The Morgan fingerprint density at radius 2 is 2.20 bits per heavy atom. The number of rotatable bonds is 7. The van der Waals surface area contributed by atoms with Crippen LogP contribution < -0.4 is 10.6 Å². The van der Waals surface area contributed by atoms with E-state index in [0.29, 0.717) is 18.8 Å². The maximum Gasteiger partial charge on any atom is 0.319 e. The highest BCUT2D eigenvalue weighted by Crippen LogP contribution is 2.14. The van der Waals surface area contributed by atoms with Crippen molar-refractivity contribution in [1.29, 1.82) is 0 Å². The van der Waals surface area contributed by atoms with Crippen LogP contribution in [-0.4, -0.2) is 53.6 Å². The Hall–Kier alpha value is -2.38. The molecular formula is C18H25N5O2. The van der Waals surface area contributed by atoms with Crippen LogP contribution in [0.3, 0.4) is 0 Å². The molecule has 1 saturated heterocycles. The predicted molar refractivity (Wildman–Crippen MR) is 96.4 cm³/mol. The van der Waals surface area contributed by atoms with E-state index >= 15 is 0 Å². The van der Waals surface area contributed by atoms with Crippen molar-refractivity contribution in [2.75, 3.05) is 32.1 Å². The van der Waals surface area contributed by atoms with E-state index in [-0.39, 0.29) is 12.1 Å². The molecule has 25 heavy (non-hydrogen) atoms. The largest absolute Gasteiger partial charge is 0.383 e. The van der Waals surface area contributed by atoms with Gasteiger partial charge in [0.15, 0.2) is 0 Å². The molecule has 1 atom stereocenters. The van der Waals surface area contributed by atoms with Crippen LogP contribution in [0.2, 0.25) is 0 Å². The third-order valence-electron chi connectivity index (χ3n) is 4.27. The average Bonchev–Trinajstić information content (AvgIpc) is 3.23. The molecule has 1 aromatic heterocycles. The van der Waals surface area contributed by atoms with Gasteiger partial charge < -0.3 is 15.4 Å². The lowest BCUT2D eigenvalue weighted by molar-refractivity contribution is 0.183. The summed E-state index contributed by atoms with van der Waals surface area (Å²) < 4.78 is 6.76. The maximum absolute atomic E-state index is 12.2. The minimum Gasteiger partial charge on any atom is -0.383 e. The minimum atomic E-state index is -0.183. The second kappa shape index (κ2) is 8.64. The van der Waals surface area contributed by atoms with Crippen LogP contribution in [-0.2, 0) is 17.8 Å². The van der Waals surface area contributed by atoms with Crippen LogP contribution in [0.1, 0.15) is 12.0 Å². The van der Waals surface area contributed by atoms with Crippen molar-refractivity contribution in [2.45, 2.75) is 25.6 Å². The summed E-state index contributed by atoms with van der Waals surface area (Å²) in [5, 5.41) is 10.1. The summed E-state index contributed by atoms with van der Waals surface area (Å²) in [6.45, 7) is 4.04. The molecule has 3 rings (SSSR count). The van der Waals surface area contributed by atoms with E-state index in [4.69, 9.17) is 4.74 Å². The van der Waals surface area contributed by atoms with E-state index in [1.54, 1.807) is 24.2 Å².